The first kappa shape index (κ1) is 14.9. The molecule has 0 bridgehead atoms. The minimum absolute atomic E-state index is 0.212. The topological polar surface area (TPSA) is 58.2 Å². The lowest BCUT2D eigenvalue weighted by Gasteiger charge is -2.19. The number of rotatable bonds is 6. The average molecular weight is 376 g/mol. The quantitative estimate of drug-likeness (QED) is 0.550. The Morgan fingerprint density at radius 1 is 0.889 bits per heavy atom. The van der Waals surface area contributed by atoms with Crippen molar-refractivity contribution in [2.24, 2.45) is 0 Å². The van der Waals surface area contributed by atoms with Gasteiger partial charge in [-0.25, -0.2) is 0 Å². The largest absolute Gasteiger partial charge is 0.377 e. The summed E-state index contributed by atoms with van der Waals surface area (Å²) in [6, 6.07) is 0. The molecule has 1 aliphatic rings. The molecule has 0 unspecified atom stereocenters. The number of carbonyl (C=O) groups excluding carboxylic acids is 2. The molecule has 6 heteroatoms. The minimum Gasteiger partial charge on any atom is -0.377 e. The molecule has 0 aromatic rings. The molecule has 0 saturated heterocycles. The van der Waals surface area contributed by atoms with Gasteiger partial charge in [-0.3, -0.25) is 9.59 Å². The summed E-state index contributed by atoms with van der Waals surface area (Å²) < 4.78 is 0.424. The van der Waals surface area contributed by atoms with E-state index < -0.39 is 0 Å². The van der Waals surface area contributed by atoms with Crippen LogP contribution >= 0.6 is 31.9 Å². The van der Waals surface area contributed by atoms with Crippen LogP contribution in [0.2, 0.25) is 0 Å². The highest BCUT2D eigenvalue weighted by molar-refractivity contribution is 9.12. The molecule has 0 amide bonds. The molecule has 0 aliphatic heterocycles. The van der Waals surface area contributed by atoms with Crippen LogP contribution in [0, 0.1) is 0 Å². The predicted octanol–water partition coefficient (Wildman–Crippen LogP) is 1.90. The molecule has 0 aromatic carbocycles. The van der Waals surface area contributed by atoms with Crippen LogP contribution in [-0.2, 0) is 9.59 Å². The maximum atomic E-state index is 12.1. The van der Waals surface area contributed by atoms with Crippen LogP contribution in [0.15, 0.2) is 45.7 Å². The van der Waals surface area contributed by atoms with Crippen molar-refractivity contribution in [1.29, 1.82) is 0 Å². The van der Waals surface area contributed by atoms with Crippen LogP contribution in [0.3, 0.4) is 0 Å². The highest BCUT2D eigenvalue weighted by Gasteiger charge is 2.32. The number of allylic oxidation sites excluding steroid dienone is 2. The fraction of sp³-hybridized carbons (Fsp3) is 0.167. The lowest BCUT2D eigenvalue weighted by molar-refractivity contribution is -0.116. The summed E-state index contributed by atoms with van der Waals surface area (Å²) in [6.45, 7) is 7.89. The molecule has 0 spiro atoms. The van der Waals surface area contributed by atoms with Gasteiger partial charge < -0.3 is 10.6 Å². The van der Waals surface area contributed by atoms with Crippen LogP contribution in [0.4, 0.5) is 0 Å². The molecule has 0 heterocycles. The van der Waals surface area contributed by atoms with Gasteiger partial charge in [0.25, 0.3) is 0 Å². The van der Waals surface area contributed by atoms with Gasteiger partial charge in [0, 0.05) is 13.1 Å². The van der Waals surface area contributed by atoms with Gasteiger partial charge in [0.1, 0.15) is 11.4 Å². The first-order valence-electron chi connectivity index (χ1n) is 5.13. The molecule has 1 aliphatic carbocycles. The number of ketones is 2. The van der Waals surface area contributed by atoms with E-state index in [0.29, 0.717) is 13.1 Å². The highest BCUT2D eigenvalue weighted by Crippen LogP contribution is 2.28. The Morgan fingerprint density at radius 3 is 1.50 bits per heavy atom. The maximum absolute atomic E-state index is 12.1. The van der Waals surface area contributed by atoms with E-state index in [0.717, 1.165) is 0 Å². The predicted molar refractivity (Wildman–Crippen MR) is 78.3 cm³/mol. The number of hydrogen-bond acceptors (Lipinski definition) is 4. The second-order valence-corrected chi connectivity index (χ2v) is 4.96. The van der Waals surface area contributed by atoms with E-state index in [1.54, 1.807) is 12.2 Å². The molecular formula is C12H12Br2N2O2. The van der Waals surface area contributed by atoms with Crippen molar-refractivity contribution in [3.63, 3.8) is 0 Å². The fourth-order valence-electron chi connectivity index (χ4n) is 1.31. The van der Waals surface area contributed by atoms with E-state index in [2.05, 4.69) is 55.7 Å². The fourth-order valence-corrected chi connectivity index (χ4v) is 2.35. The second kappa shape index (κ2) is 6.70. The van der Waals surface area contributed by atoms with E-state index in [1.807, 2.05) is 0 Å². The van der Waals surface area contributed by atoms with Crippen molar-refractivity contribution in [1.82, 2.24) is 10.6 Å². The number of hydrogen-bond donors (Lipinski definition) is 2. The van der Waals surface area contributed by atoms with E-state index in [4.69, 9.17) is 0 Å². The smallest absolute Gasteiger partial charge is 0.219 e. The molecular weight excluding hydrogens is 364 g/mol. The van der Waals surface area contributed by atoms with Crippen LogP contribution in [-0.4, -0.2) is 24.7 Å². The number of halogens is 2. The van der Waals surface area contributed by atoms with Crippen molar-refractivity contribution < 1.29 is 9.59 Å². The Hall–Kier alpha value is -1.14. The van der Waals surface area contributed by atoms with Crippen LogP contribution in [0.25, 0.3) is 0 Å². The summed E-state index contributed by atoms with van der Waals surface area (Å²) in [5.74, 6) is -0.565. The zero-order valence-corrected chi connectivity index (χ0v) is 12.7. The van der Waals surface area contributed by atoms with Gasteiger partial charge in [-0.2, -0.15) is 0 Å². The second-order valence-electron chi connectivity index (χ2n) is 3.38. The highest BCUT2D eigenvalue weighted by atomic mass is 79.9. The third-order valence-electron chi connectivity index (χ3n) is 2.14. The van der Waals surface area contributed by atoms with Crippen molar-refractivity contribution >= 4 is 43.4 Å². The SMILES string of the molecule is C=CCNC1=C(Br)C(=O)C(NCC=C)=C(Br)C1=O. The Labute approximate surface area is 122 Å². The molecule has 18 heavy (non-hydrogen) atoms. The van der Waals surface area contributed by atoms with Crippen molar-refractivity contribution in [3.8, 4) is 0 Å². The lowest BCUT2D eigenvalue weighted by atomic mass is 10.1. The van der Waals surface area contributed by atoms with E-state index in [1.165, 1.54) is 0 Å². The van der Waals surface area contributed by atoms with E-state index in [-0.39, 0.29) is 31.9 Å². The number of nitrogens with one attached hydrogen (secondary N) is 2. The Morgan fingerprint density at radius 2 is 1.22 bits per heavy atom. The zero-order chi connectivity index (χ0) is 13.7. The first-order valence-corrected chi connectivity index (χ1v) is 6.71. The molecule has 4 nitrogen and oxygen atoms in total. The number of carbonyl (C=O) groups is 2. The lowest BCUT2D eigenvalue weighted by Crippen LogP contribution is -2.33. The normalized spacial score (nSPS) is 15.9. The minimum atomic E-state index is -0.283. The molecule has 0 fully saturated rings. The van der Waals surface area contributed by atoms with Crippen LogP contribution in [0.5, 0.6) is 0 Å². The van der Waals surface area contributed by atoms with Gasteiger partial charge in [-0.1, -0.05) is 12.2 Å². The molecule has 96 valence electrons. The average Bonchev–Trinajstić information content (AvgIpc) is 2.37. The Bertz CT molecular complexity index is 434. The summed E-state index contributed by atoms with van der Waals surface area (Å²) in [4.78, 5) is 24.1. The van der Waals surface area contributed by atoms with Crippen molar-refractivity contribution in [2.45, 2.75) is 0 Å². The molecule has 0 radical (unpaired) electrons. The van der Waals surface area contributed by atoms with Gasteiger partial charge in [-0.05, 0) is 31.9 Å². The van der Waals surface area contributed by atoms with Crippen molar-refractivity contribution in [2.75, 3.05) is 13.1 Å². The molecule has 1 rings (SSSR count). The standard InChI is InChI=1S/C12H12Br2N2O2/c1-3-5-15-9-7(13)12(18)10(16-6-4-2)8(14)11(9)17/h3-4,15-16H,1-2,5-6H2. The Kier molecular flexibility index (Phi) is 5.55. The van der Waals surface area contributed by atoms with Gasteiger partial charge in [-0.15, -0.1) is 13.2 Å². The summed E-state index contributed by atoms with van der Waals surface area (Å²) in [5.41, 5.74) is 0.465. The third-order valence-corrected chi connectivity index (χ3v) is 3.65. The van der Waals surface area contributed by atoms with Gasteiger partial charge >= 0.3 is 0 Å². The van der Waals surface area contributed by atoms with Crippen LogP contribution < -0.4 is 10.6 Å². The monoisotopic (exact) mass is 374 g/mol. The summed E-state index contributed by atoms with van der Waals surface area (Å²) in [6.07, 6.45) is 3.21. The summed E-state index contributed by atoms with van der Waals surface area (Å²) in [5, 5.41) is 5.68. The van der Waals surface area contributed by atoms with Gasteiger partial charge in [0.2, 0.25) is 11.6 Å². The summed E-state index contributed by atoms with van der Waals surface area (Å²) in [7, 11) is 0. The molecule has 0 saturated carbocycles. The summed E-state index contributed by atoms with van der Waals surface area (Å²) >= 11 is 6.28. The van der Waals surface area contributed by atoms with Crippen LogP contribution in [0.1, 0.15) is 0 Å². The zero-order valence-electron chi connectivity index (χ0n) is 9.56. The van der Waals surface area contributed by atoms with E-state index >= 15 is 0 Å². The molecule has 0 aromatic heterocycles. The molecule has 2 N–H and O–H groups in total. The molecule has 0 atom stereocenters. The van der Waals surface area contributed by atoms with Crippen molar-refractivity contribution in [3.05, 3.63) is 45.7 Å². The number of Topliss-reactive ketones (excluding diaryl/α,β-unsaturated/α-hetero) is 2. The van der Waals surface area contributed by atoms with Gasteiger partial charge in [0.15, 0.2) is 0 Å². The van der Waals surface area contributed by atoms with E-state index in [9.17, 15) is 9.59 Å². The maximum Gasteiger partial charge on any atom is 0.219 e. The Balaban J connectivity index is 3.06. The third kappa shape index (κ3) is 3.00. The first-order chi connectivity index (χ1) is 8.54. The van der Waals surface area contributed by atoms with Gasteiger partial charge in [0.05, 0.1) is 8.96 Å².